The fourth-order valence-electron chi connectivity index (χ4n) is 5.15. The summed E-state index contributed by atoms with van der Waals surface area (Å²) in [6.45, 7) is 10.2. The second kappa shape index (κ2) is 13.9. The third-order valence-electron chi connectivity index (χ3n) is 7.59. The average Bonchev–Trinajstić information content (AvgIpc) is 3.01. The van der Waals surface area contributed by atoms with E-state index in [4.69, 9.17) is 4.74 Å². The number of halogens is 3. The van der Waals surface area contributed by atoms with Gasteiger partial charge in [-0.2, -0.15) is 13.2 Å². The SMILES string of the molecule is C=CC(=O)N1CCN(C[C@H](Oc2cc(C)c(C(=O)Nc3ncccc3C)cc2C(=O)NC)c2cc(C(F)(F)F)ccn2)C[C@H]1C. The van der Waals surface area contributed by atoms with Crippen LogP contribution >= 0.6 is 0 Å². The highest BCUT2D eigenvalue weighted by atomic mass is 19.4. The Morgan fingerprint density at radius 2 is 1.82 bits per heavy atom. The predicted molar refractivity (Wildman–Crippen MR) is 162 cm³/mol. The van der Waals surface area contributed by atoms with Crippen molar-refractivity contribution in [2.75, 3.05) is 38.5 Å². The molecule has 1 fully saturated rings. The molecule has 10 nitrogen and oxygen atoms in total. The highest BCUT2D eigenvalue weighted by Gasteiger charge is 2.34. The Bertz CT molecular complexity index is 1600. The van der Waals surface area contributed by atoms with E-state index in [0.717, 1.165) is 23.9 Å². The number of benzene rings is 1. The molecule has 0 spiro atoms. The Balaban J connectivity index is 1.70. The maximum atomic E-state index is 13.7. The normalized spacial score (nSPS) is 16.1. The molecule has 3 heterocycles. The fraction of sp³-hybridized carbons (Fsp3) is 0.344. The van der Waals surface area contributed by atoms with E-state index in [0.29, 0.717) is 31.0 Å². The lowest BCUT2D eigenvalue weighted by Crippen LogP contribution is -2.54. The third-order valence-corrected chi connectivity index (χ3v) is 7.59. The van der Waals surface area contributed by atoms with Crippen LogP contribution in [-0.4, -0.2) is 76.8 Å². The van der Waals surface area contributed by atoms with Gasteiger partial charge in [-0.1, -0.05) is 12.6 Å². The van der Waals surface area contributed by atoms with Gasteiger partial charge >= 0.3 is 6.18 Å². The predicted octanol–water partition coefficient (Wildman–Crippen LogP) is 4.56. The standard InChI is InChI=1S/C32H35F3N6O4/c1-6-28(42)41-13-12-40(17-21(41)4)18-27(25-15-22(9-11-37-25)32(33,34)35)45-26-14-20(3)23(16-24(26)30(43)36-5)31(44)39-29-19(2)8-7-10-38-29/h6-11,14-16,21,27H,1,12-13,17-18H2,2-5H3,(H,36,43)(H,38,39,44)/t21-,27+/m1/s1. The second-order valence-corrected chi connectivity index (χ2v) is 10.8. The van der Waals surface area contributed by atoms with Crippen molar-refractivity contribution in [2.24, 2.45) is 0 Å². The molecule has 0 aliphatic carbocycles. The summed E-state index contributed by atoms with van der Waals surface area (Å²) in [6, 6.07) is 8.03. The zero-order valence-electron chi connectivity index (χ0n) is 25.4. The van der Waals surface area contributed by atoms with E-state index in [1.165, 1.54) is 25.3 Å². The topological polar surface area (TPSA) is 117 Å². The van der Waals surface area contributed by atoms with Crippen molar-refractivity contribution in [1.29, 1.82) is 0 Å². The van der Waals surface area contributed by atoms with Crippen LogP contribution in [0.3, 0.4) is 0 Å². The number of pyridine rings is 2. The van der Waals surface area contributed by atoms with Crippen molar-refractivity contribution in [1.82, 2.24) is 25.1 Å². The number of anilines is 1. The Hall–Kier alpha value is -4.78. The highest BCUT2D eigenvalue weighted by Crippen LogP contribution is 2.33. The molecular weight excluding hydrogens is 589 g/mol. The molecule has 238 valence electrons. The zero-order chi connectivity index (χ0) is 32.9. The average molecular weight is 625 g/mol. The summed E-state index contributed by atoms with van der Waals surface area (Å²) in [7, 11) is 1.42. The number of hydrogen-bond donors (Lipinski definition) is 2. The molecule has 1 aromatic carbocycles. The van der Waals surface area contributed by atoms with E-state index in [9.17, 15) is 27.6 Å². The quantitative estimate of drug-likeness (QED) is 0.335. The van der Waals surface area contributed by atoms with E-state index >= 15 is 0 Å². The van der Waals surface area contributed by atoms with Crippen LogP contribution in [0.2, 0.25) is 0 Å². The molecule has 0 unspecified atom stereocenters. The molecular formula is C32H35F3N6O4. The van der Waals surface area contributed by atoms with E-state index in [-0.39, 0.29) is 41.1 Å². The third kappa shape index (κ3) is 7.85. The lowest BCUT2D eigenvalue weighted by Gasteiger charge is -2.40. The van der Waals surface area contributed by atoms with Gasteiger partial charge in [-0.25, -0.2) is 4.98 Å². The van der Waals surface area contributed by atoms with Crippen LogP contribution in [0.5, 0.6) is 5.75 Å². The zero-order valence-corrected chi connectivity index (χ0v) is 25.4. The van der Waals surface area contributed by atoms with Gasteiger partial charge in [-0.05, 0) is 68.3 Å². The first-order chi connectivity index (χ1) is 21.3. The summed E-state index contributed by atoms with van der Waals surface area (Å²) < 4.78 is 47.3. The summed E-state index contributed by atoms with van der Waals surface area (Å²) >= 11 is 0. The lowest BCUT2D eigenvalue weighted by molar-refractivity contribution is -0.137. The molecule has 2 N–H and O–H groups in total. The lowest BCUT2D eigenvalue weighted by atomic mass is 10.0. The molecule has 3 amide bonds. The van der Waals surface area contributed by atoms with Crippen molar-refractivity contribution in [2.45, 2.75) is 39.1 Å². The number of aromatic nitrogens is 2. The molecule has 4 rings (SSSR count). The van der Waals surface area contributed by atoms with Crippen LogP contribution in [0, 0.1) is 13.8 Å². The molecule has 2 aromatic heterocycles. The molecule has 1 aliphatic rings. The molecule has 1 aliphatic heterocycles. The maximum absolute atomic E-state index is 13.7. The molecule has 0 bridgehead atoms. The molecule has 1 saturated heterocycles. The first-order valence-corrected chi connectivity index (χ1v) is 14.3. The van der Waals surface area contributed by atoms with Crippen LogP contribution in [0.15, 0.2) is 61.4 Å². The van der Waals surface area contributed by atoms with Gasteiger partial charge in [0, 0.05) is 57.2 Å². The molecule has 2 atom stereocenters. The van der Waals surface area contributed by atoms with Gasteiger partial charge in [0.15, 0.2) is 6.10 Å². The summed E-state index contributed by atoms with van der Waals surface area (Å²) in [5.74, 6) is -0.835. The highest BCUT2D eigenvalue weighted by molar-refractivity contribution is 6.07. The molecule has 3 aromatic rings. The van der Waals surface area contributed by atoms with Crippen molar-refractivity contribution in [3.8, 4) is 5.75 Å². The van der Waals surface area contributed by atoms with Crippen LogP contribution in [0.1, 0.15) is 56.1 Å². The molecule has 45 heavy (non-hydrogen) atoms. The summed E-state index contributed by atoms with van der Waals surface area (Å²) in [6.07, 6.45) is -1.80. The van der Waals surface area contributed by atoms with Gasteiger partial charge in [0.05, 0.1) is 16.8 Å². The minimum absolute atomic E-state index is 0.00929. The van der Waals surface area contributed by atoms with Gasteiger partial charge in [0.25, 0.3) is 11.8 Å². The number of amides is 3. The minimum atomic E-state index is -4.61. The van der Waals surface area contributed by atoms with Crippen molar-refractivity contribution in [3.05, 3.63) is 95.0 Å². The Morgan fingerprint density at radius 3 is 2.47 bits per heavy atom. The Morgan fingerprint density at radius 1 is 1.07 bits per heavy atom. The minimum Gasteiger partial charge on any atom is -0.482 e. The smallest absolute Gasteiger partial charge is 0.416 e. The summed E-state index contributed by atoms with van der Waals surface area (Å²) in [5, 5.41) is 5.28. The van der Waals surface area contributed by atoms with Crippen molar-refractivity contribution < 1.29 is 32.3 Å². The van der Waals surface area contributed by atoms with Gasteiger partial charge < -0.3 is 20.3 Å². The van der Waals surface area contributed by atoms with Crippen molar-refractivity contribution in [3.63, 3.8) is 0 Å². The number of piperazine rings is 1. The van der Waals surface area contributed by atoms with E-state index in [1.54, 1.807) is 37.1 Å². The van der Waals surface area contributed by atoms with E-state index in [2.05, 4.69) is 27.2 Å². The summed E-state index contributed by atoms with van der Waals surface area (Å²) in [5.41, 5.74) is 0.528. The fourth-order valence-corrected chi connectivity index (χ4v) is 5.15. The number of nitrogens with zero attached hydrogens (tertiary/aromatic N) is 4. The molecule has 0 saturated carbocycles. The summed E-state index contributed by atoms with van der Waals surface area (Å²) in [4.78, 5) is 50.6. The maximum Gasteiger partial charge on any atom is 0.416 e. The number of carbonyl (C=O) groups is 3. The van der Waals surface area contributed by atoms with Crippen LogP contribution in [0.4, 0.5) is 19.0 Å². The number of aryl methyl sites for hydroxylation is 2. The van der Waals surface area contributed by atoms with Crippen molar-refractivity contribution >= 4 is 23.5 Å². The Kier molecular flexibility index (Phi) is 10.2. The van der Waals surface area contributed by atoms with Gasteiger partial charge in [-0.15, -0.1) is 0 Å². The monoisotopic (exact) mass is 624 g/mol. The van der Waals surface area contributed by atoms with Crippen LogP contribution in [-0.2, 0) is 11.0 Å². The van der Waals surface area contributed by atoms with Crippen LogP contribution in [0.25, 0.3) is 0 Å². The van der Waals surface area contributed by atoms with E-state index < -0.39 is 29.7 Å². The number of carbonyl (C=O) groups excluding carboxylic acids is 3. The molecule has 0 radical (unpaired) electrons. The second-order valence-electron chi connectivity index (χ2n) is 10.8. The van der Waals surface area contributed by atoms with E-state index in [1.807, 2.05) is 11.8 Å². The van der Waals surface area contributed by atoms with Gasteiger partial charge in [0.2, 0.25) is 5.91 Å². The Labute approximate surface area is 259 Å². The molecule has 13 heteroatoms. The van der Waals surface area contributed by atoms with Gasteiger partial charge in [0.1, 0.15) is 11.6 Å². The number of rotatable bonds is 9. The number of ether oxygens (including phenoxy) is 1. The number of alkyl halides is 3. The van der Waals surface area contributed by atoms with Gasteiger partial charge in [-0.3, -0.25) is 24.3 Å². The number of nitrogens with one attached hydrogen (secondary N) is 2. The first kappa shape index (κ1) is 33.1. The first-order valence-electron chi connectivity index (χ1n) is 14.3. The largest absolute Gasteiger partial charge is 0.482 e. The number of hydrogen-bond acceptors (Lipinski definition) is 7. The van der Waals surface area contributed by atoms with Crippen LogP contribution < -0.4 is 15.4 Å².